The van der Waals surface area contributed by atoms with Crippen molar-refractivity contribution in [3.05, 3.63) is 69.9 Å². The lowest BCUT2D eigenvalue weighted by molar-refractivity contribution is 0.0474. The van der Waals surface area contributed by atoms with Crippen molar-refractivity contribution in [1.82, 2.24) is 9.72 Å². The highest BCUT2D eigenvalue weighted by Crippen LogP contribution is 2.21. The first-order chi connectivity index (χ1) is 14.7. The average molecular weight is 424 g/mol. The van der Waals surface area contributed by atoms with E-state index in [1.165, 1.54) is 0 Å². The number of aromatic nitrogens is 2. The third-order valence-corrected chi connectivity index (χ3v) is 5.29. The van der Waals surface area contributed by atoms with Gasteiger partial charge in [-0.1, -0.05) is 5.16 Å². The summed E-state index contributed by atoms with van der Waals surface area (Å²) in [6.07, 6.45) is 0. The van der Waals surface area contributed by atoms with E-state index < -0.39 is 5.97 Å². The highest BCUT2D eigenvalue weighted by Gasteiger charge is 2.19. The Morgan fingerprint density at radius 1 is 1.10 bits per heavy atom. The molecule has 3 rings (SSSR count). The quantitative estimate of drug-likeness (QED) is 0.377. The zero-order chi connectivity index (χ0) is 22.7. The lowest BCUT2D eigenvalue weighted by Crippen LogP contribution is -2.15. The van der Waals surface area contributed by atoms with Crippen LogP contribution < -0.4 is 4.74 Å². The lowest BCUT2D eigenvalue weighted by atomic mass is 10.1. The third kappa shape index (κ3) is 4.87. The van der Waals surface area contributed by atoms with Crippen molar-refractivity contribution in [1.29, 1.82) is 0 Å². The normalized spacial score (nSPS) is 11.1. The van der Waals surface area contributed by atoms with E-state index in [-0.39, 0.29) is 18.4 Å². The minimum Gasteiger partial charge on any atom is -0.489 e. The van der Waals surface area contributed by atoms with Crippen LogP contribution >= 0.6 is 0 Å². The molecular weight excluding hydrogens is 396 g/mol. The van der Waals surface area contributed by atoms with Gasteiger partial charge >= 0.3 is 5.97 Å². The van der Waals surface area contributed by atoms with E-state index in [9.17, 15) is 9.59 Å². The van der Waals surface area contributed by atoms with Crippen molar-refractivity contribution in [2.24, 2.45) is 0 Å². The zero-order valence-corrected chi connectivity index (χ0v) is 18.8. The van der Waals surface area contributed by atoms with Crippen LogP contribution in [0.4, 0.5) is 0 Å². The fraction of sp³-hybridized carbons (Fsp3) is 0.375. The van der Waals surface area contributed by atoms with Gasteiger partial charge < -0.3 is 18.6 Å². The molecule has 164 valence electrons. The fourth-order valence-corrected chi connectivity index (χ4v) is 3.70. The van der Waals surface area contributed by atoms with Crippen molar-refractivity contribution in [2.75, 3.05) is 6.61 Å². The summed E-state index contributed by atoms with van der Waals surface area (Å²) in [7, 11) is 0. The fourth-order valence-electron chi connectivity index (χ4n) is 3.70. The average Bonchev–Trinajstić information content (AvgIpc) is 3.22. The smallest absolute Gasteiger partial charge is 0.338 e. The Kier molecular flexibility index (Phi) is 6.63. The van der Waals surface area contributed by atoms with Crippen molar-refractivity contribution in [2.45, 2.75) is 54.2 Å². The molecule has 1 aromatic carbocycles. The van der Waals surface area contributed by atoms with Gasteiger partial charge in [-0.3, -0.25) is 4.79 Å². The highest BCUT2D eigenvalue weighted by atomic mass is 16.5. The number of hydrogen-bond acceptors (Lipinski definition) is 6. The first kappa shape index (κ1) is 22.3. The van der Waals surface area contributed by atoms with Crippen molar-refractivity contribution in [3.8, 4) is 5.75 Å². The molecule has 31 heavy (non-hydrogen) atoms. The summed E-state index contributed by atoms with van der Waals surface area (Å²) < 4.78 is 18.2. The van der Waals surface area contributed by atoms with Gasteiger partial charge in [-0.05, 0) is 71.9 Å². The molecule has 2 aromatic heterocycles. The summed E-state index contributed by atoms with van der Waals surface area (Å²) in [5.74, 6) is 0.557. The van der Waals surface area contributed by atoms with E-state index in [1.807, 2.05) is 33.8 Å². The highest BCUT2D eigenvalue weighted by molar-refractivity contribution is 6.00. The summed E-state index contributed by atoms with van der Waals surface area (Å²) in [6.45, 7) is 11.7. The van der Waals surface area contributed by atoms with E-state index >= 15 is 0 Å². The standard InChI is InChI=1S/C24H28N2O5/c1-14(2)26-15(3)11-21(17(26)5)23(27)13-30-24(28)19-7-9-20(10-8-19)29-12-22-16(4)25-31-18(22)6/h7-11,14H,12-13H2,1-6H3. The molecule has 0 amide bonds. The lowest BCUT2D eigenvalue weighted by Gasteiger charge is -2.13. The largest absolute Gasteiger partial charge is 0.489 e. The van der Waals surface area contributed by atoms with Gasteiger partial charge in [-0.15, -0.1) is 0 Å². The number of hydrogen-bond donors (Lipinski definition) is 0. The zero-order valence-electron chi connectivity index (χ0n) is 18.8. The Balaban J connectivity index is 1.57. The minimum atomic E-state index is -0.553. The Morgan fingerprint density at radius 3 is 2.32 bits per heavy atom. The van der Waals surface area contributed by atoms with Crippen LogP contribution in [0.5, 0.6) is 5.75 Å². The molecule has 0 aliphatic rings. The van der Waals surface area contributed by atoms with Crippen LogP contribution in [0.3, 0.4) is 0 Å². The van der Waals surface area contributed by atoms with Gasteiger partial charge in [0.25, 0.3) is 0 Å². The molecule has 0 bridgehead atoms. The second kappa shape index (κ2) is 9.20. The van der Waals surface area contributed by atoms with Crippen LogP contribution in [0.1, 0.15) is 69.0 Å². The number of nitrogens with zero attached hydrogens (tertiary/aromatic N) is 2. The molecule has 0 saturated carbocycles. The Labute approximate surface area is 181 Å². The monoisotopic (exact) mass is 424 g/mol. The van der Waals surface area contributed by atoms with Gasteiger partial charge in [-0.25, -0.2) is 4.79 Å². The first-order valence-corrected chi connectivity index (χ1v) is 10.2. The maximum absolute atomic E-state index is 12.6. The van der Waals surface area contributed by atoms with Crippen LogP contribution in [0.2, 0.25) is 0 Å². The van der Waals surface area contributed by atoms with Crippen LogP contribution in [0, 0.1) is 27.7 Å². The number of Topliss-reactive ketones (excluding diaryl/α,β-unsaturated/α-hetero) is 1. The molecule has 0 unspecified atom stereocenters. The molecule has 0 saturated heterocycles. The molecule has 7 nitrogen and oxygen atoms in total. The predicted octanol–water partition coefficient (Wildman–Crippen LogP) is 4.91. The van der Waals surface area contributed by atoms with Gasteiger partial charge in [0.1, 0.15) is 18.1 Å². The van der Waals surface area contributed by atoms with Crippen LogP contribution in [0.15, 0.2) is 34.9 Å². The molecule has 7 heteroatoms. The van der Waals surface area contributed by atoms with Gasteiger partial charge in [-0.2, -0.15) is 0 Å². The number of benzene rings is 1. The number of rotatable bonds is 8. The Hall–Kier alpha value is -3.35. The second-order valence-corrected chi connectivity index (χ2v) is 7.86. The first-order valence-electron chi connectivity index (χ1n) is 10.2. The number of aryl methyl sites for hydroxylation is 3. The number of esters is 1. The number of ketones is 1. The van der Waals surface area contributed by atoms with Crippen LogP contribution in [-0.4, -0.2) is 28.1 Å². The molecular formula is C24H28N2O5. The topological polar surface area (TPSA) is 83.6 Å². The summed E-state index contributed by atoms with van der Waals surface area (Å²) in [5, 5.41) is 3.90. The molecule has 3 aromatic rings. The number of carbonyl (C=O) groups is 2. The Bertz CT molecular complexity index is 1070. The second-order valence-electron chi connectivity index (χ2n) is 7.86. The van der Waals surface area contributed by atoms with E-state index in [1.54, 1.807) is 24.3 Å². The molecule has 0 N–H and O–H groups in total. The molecule has 2 heterocycles. The summed E-state index contributed by atoms with van der Waals surface area (Å²) >= 11 is 0. The molecule has 0 spiro atoms. The Morgan fingerprint density at radius 2 is 1.77 bits per heavy atom. The SMILES string of the molecule is Cc1noc(C)c1COc1ccc(C(=O)OCC(=O)c2cc(C)n(C(C)C)c2C)cc1. The molecule has 0 aliphatic carbocycles. The van der Waals surface area contributed by atoms with Crippen molar-refractivity contribution >= 4 is 11.8 Å². The van der Waals surface area contributed by atoms with Gasteiger partial charge in [0, 0.05) is 23.0 Å². The molecule has 0 radical (unpaired) electrons. The van der Waals surface area contributed by atoms with Gasteiger partial charge in [0.2, 0.25) is 5.78 Å². The maximum Gasteiger partial charge on any atom is 0.338 e. The summed E-state index contributed by atoms with van der Waals surface area (Å²) in [4.78, 5) is 24.9. The van der Waals surface area contributed by atoms with E-state index in [0.29, 0.717) is 23.5 Å². The van der Waals surface area contributed by atoms with E-state index in [4.69, 9.17) is 14.0 Å². The van der Waals surface area contributed by atoms with Crippen molar-refractivity contribution in [3.63, 3.8) is 0 Å². The van der Waals surface area contributed by atoms with Crippen molar-refractivity contribution < 1.29 is 23.6 Å². The number of carbonyl (C=O) groups excluding carboxylic acids is 2. The summed E-state index contributed by atoms with van der Waals surface area (Å²) in [6, 6.07) is 8.69. The van der Waals surface area contributed by atoms with Crippen LogP contribution in [0.25, 0.3) is 0 Å². The summed E-state index contributed by atoms with van der Waals surface area (Å²) in [5.41, 5.74) is 4.52. The van der Waals surface area contributed by atoms with Gasteiger partial charge in [0.05, 0.1) is 16.8 Å². The van der Waals surface area contributed by atoms with Gasteiger partial charge in [0.15, 0.2) is 6.61 Å². The van der Waals surface area contributed by atoms with E-state index in [2.05, 4.69) is 23.6 Å². The minimum absolute atomic E-state index is 0.215. The number of ether oxygens (including phenoxy) is 2. The maximum atomic E-state index is 12.6. The molecule has 0 fully saturated rings. The third-order valence-electron chi connectivity index (χ3n) is 5.29. The molecule has 0 aliphatic heterocycles. The molecule has 0 atom stereocenters. The van der Waals surface area contributed by atoms with Crippen LogP contribution in [-0.2, 0) is 11.3 Å². The predicted molar refractivity (Wildman–Crippen MR) is 116 cm³/mol. The van der Waals surface area contributed by atoms with E-state index in [0.717, 1.165) is 28.4 Å².